The molecule has 0 aliphatic carbocycles. The average Bonchev–Trinajstić information content (AvgIpc) is 2.28. The van der Waals surface area contributed by atoms with Crippen molar-refractivity contribution in [1.82, 2.24) is 0 Å². The Morgan fingerprint density at radius 1 is 1.47 bits per heavy atom. The van der Waals surface area contributed by atoms with E-state index in [4.69, 9.17) is 10.8 Å². The van der Waals surface area contributed by atoms with E-state index < -0.39 is 4.92 Å². The molecule has 0 aliphatic heterocycles. The quantitative estimate of drug-likeness (QED) is 0.444. The van der Waals surface area contributed by atoms with E-state index in [-0.39, 0.29) is 12.3 Å². The van der Waals surface area contributed by atoms with Crippen LogP contribution in [0.15, 0.2) is 18.2 Å². The zero-order chi connectivity index (χ0) is 12.8. The molecule has 0 atom stereocenters. The number of nitrogen functional groups attached to an aromatic ring is 1. The van der Waals surface area contributed by atoms with Gasteiger partial charge in [0.15, 0.2) is 0 Å². The molecule has 3 N–H and O–H groups in total. The van der Waals surface area contributed by atoms with E-state index in [2.05, 4.69) is 0 Å². The molecule has 0 heterocycles. The van der Waals surface area contributed by atoms with E-state index in [1.54, 1.807) is 6.07 Å². The lowest BCUT2D eigenvalue weighted by molar-refractivity contribution is -0.384. The minimum absolute atomic E-state index is 0.0216. The summed E-state index contributed by atoms with van der Waals surface area (Å²) in [6.07, 6.45) is 0.913. The molecule has 0 saturated heterocycles. The summed E-state index contributed by atoms with van der Waals surface area (Å²) in [5.74, 6) is 0. The first-order valence-corrected chi connectivity index (χ1v) is 5.49. The first kappa shape index (κ1) is 13.2. The second kappa shape index (κ2) is 6.05. The van der Waals surface area contributed by atoms with Gasteiger partial charge in [0.1, 0.15) is 0 Å². The summed E-state index contributed by atoms with van der Waals surface area (Å²) >= 11 is 0. The van der Waals surface area contributed by atoms with Gasteiger partial charge in [-0.2, -0.15) is 0 Å². The van der Waals surface area contributed by atoms with E-state index in [0.29, 0.717) is 12.2 Å². The van der Waals surface area contributed by atoms with Crippen LogP contribution in [0.4, 0.5) is 17.1 Å². The highest BCUT2D eigenvalue weighted by atomic mass is 16.6. The molecule has 6 heteroatoms. The molecule has 0 unspecified atom stereocenters. The number of nitro groups is 1. The van der Waals surface area contributed by atoms with Gasteiger partial charge in [0.05, 0.1) is 22.9 Å². The maximum Gasteiger partial charge on any atom is 0.271 e. The summed E-state index contributed by atoms with van der Waals surface area (Å²) in [6, 6.07) is 4.39. The molecular weight excluding hydrogens is 222 g/mol. The number of rotatable bonds is 6. The van der Waals surface area contributed by atoms with Crippen LogP contribution >= 0.6 is 0 Å². The lowest BCUT2D eigenvalue weighted by atomic mass is 10.2. The van der Waals surface area contributed by atoms with Crippen LogP contribution < -0.4 is 10.6 Å². The first-order chi connectivity index (χ1) is 8.10. The molecule has 1 rings (SSSR count). The third kappa shape index (κ3) is 3.32. The van der Waals surface area contributed by atoms with E-state index >= 15 is 0 Å². The highest BCUT2D eigenvalue weighted by Gasteiger charge is 2.13. The molecule has 0 saturated carbocycles. The first-order valence-electron chi connectivity index (χ1n) is 5.49. The zero-order valence-corrected chi connectivity index (χ0v) is 9.80. The number of hydrogen-bond acceptors (Lipinski definition) is 5. The largest absolute Gasteiger partial charge is 0.397 e. The van der Waals surface area contributed by atoms with Gasteiger partial charge in [-0.1, -0.05) is 6.92 Å². The van der Waals surface area contributed by atoms with Crippen molar-refractivity contribution in [3.8, 4) is 0 Å². The fourth-order valence-corrected chi connectivity index (χ4v) is 1.69. The molecule has 0 aliphatic rings. The van der Waals surface area contributed by atoms with Crippen molar-refractivity contribution >= 4 is 17.1 Å². The Morgan fingerprint density at radius 3 is 2.65 bits per heavy atom. The summed E-state index contributed by atoms with van der Waals surface area (Å²) in [6.45, 7) is 3.26. The predicted molar refractivity (Wildman–Crippen MR) is 67.1 cm³/mol. The van der Waals surface area contributed by atoms with Crippen LogP contribution in [-0.2, 0) is 0 Å². The maximum absolute atomic E-state index is 10.6. The maximum atomic E-state index is 10.6. The third-order valence-corrected chi connectivity index (χ3v) is 2.43. The minimum atomic E-state index is -0.476. The summed E-state index contributed by atoms with van der Waals surface area (Å²) < 4.78 is 0. The monoisotopic (exact) mass is 239 g/mol. The van der Waals surface area contributed by atoms with Crippen molar-refractivity contribution in [2.75, 3.05) is 30.3 Å². The summed E-state index contributed by atoms with van der Waals surface area (Å²) in [7, 11) is 0. The van der Waals surface area contributed by atoms with Gasteiger partial charge in [-0.3, -0.25) is 10.1 Å². The summed E-state index contributed by atoms with van der Waals surface area (Å²) in [5, 5.41) is 19.5. The van der Waals surface area contributed by atoms with Crippen LogP contribution in [0.5, 0.6) is 0 Å². The number of aliphatic hydroxyl groups is 1. The van der Waals surface area contributed by atoms with E-state index in [0.717, 1.165) is 18.7 Å². The lowest BCUT2D eigenvalue weighted by Gasteiger charge is -2.24. The van der Waals surface area contributed by atoms with Crippen LogP contribution in [-0.4, -0.2) is 29.7 Å². The second-order valence-electron chi connectivity index (χ2n) is 3.71. The third-order valence-electron chi connectivity index (χ3n) is 2.43. The van der Waals surface area contributed by atoms with Crippen molar-refractivity contribution in [3.05, 3.63) is 28.3 Å². The Balaban J connectivity index is 2.99. The average molecular weight is 239 g/mol. The Morgan fingerprint density at radius 2 is 2.18 bits per heavy atom. The molecule has 17 heavy (non-hydrogen) atoms. The van der Waals surface area contributed by atoms with Gasteiger partial charge in [-0.05, 0) is 12.5 Å². The molecular formula is C11H17N3O3. The number of non-ortho nitro benzene ring substituents is 1. The number of hydrogen-bond donors (Lipinski definition) is 2. The van der Waals surface area contributed by atoms with Crippen molar-refractivity contribution in [2.45, 2.75) is 13.3 Å². The highest BCUT2D eigenvalue weighted by molar-refractivity contribution is 5.70. The Kier molecular flexibility index (Phi) is 4.71. The Labute approximate surface area is 99.8 Å². The fraction of sp³-hybridized carbons (Fsp3) is 0.455. The standard InChI is InChI=1S/C11H17N3O3/c1-2-5-13(6-7-15)11-4-3-9(14(16)17)8-10(11)12/h3-4,8,15H,2,5-7,12H2,1H3. The number of nitrogens with zero attached hydrogens (tertiary/aromatic N) is 2. The molecule has 1 aromatic carbocycles. The number of nitro benzene ring substituents is 1. The van der Waals surface area contributed by atoms with Crippen LogP contribution in [0.25, 0.3) is 0 Å². The van der Waals surface area contributed by atoms with Crippen LogP contribution in [0.2, 0.25) is 0 Å². The van der Waals surface area contributed by atoms with Crippen molar-refractivity contribution < 1.29 is 10.0 Å². The SMILES string of the molecule is CCCN(CCO)c1ccc([N+](=O)[O-])cc1N. The number of anilines is 2. The van der Waals surface area contributed by atoms with Gasteiger partial charge in [0, 0.05) is 25.2 Å². The van der Waals surface area contributed by atoms with E-state index in [9.17, 15) is 10.1 Å². The minimum Gasteiger partial charge on any atom is -0.397 e. The Hall–Kier alpha value is -1.82. The number of aliphatic hydroxyl groups excluding tert-OH is 1. The van der Waals surface area contributed by atoms with Crippen LogP contribution in [0.1, 0.15) is 13.3 Å². The molecule has 0 spiro atoms. The Bertz CT molecular complexity index is 390. The zero-order valence-electron chi connectivity index (χ0n) is 9.80. The molecule has 1 aromatic rings. The molecule has 0 bridgehead atoms. The molecule has 0 fully saturated rings. The normalized spacial score (nSPS) is 10.2. The molecule has 94 valence electrons. The fourth-order valence-electron chi connectivity index (χ4n) is 1.69. The van der Waals surface area contributed by atoms with E-state index in [1.807, 2.05) is 11.8 Å². The molecule has 0 amide bonds. The van der Waals surface area contributed by atoms with Crippen molar-refractivity contribution in [3.63, 3.8) is 0 Å². The molecule has 6 nitrogen and oxygen atoms in total. The van der Waals surface area contributed by atoms with Crippen molar-refractivity contribution in [1.29, 1.82) is 0 Å². The van der Waals surface area contributed by atoms with E-state index in [1.165, 1.54) is 12.1 Å². The van der Waals surface area contributed by atoms with Gasteiger partial charge >= 0.3 is 0 Å². The number of nitrogens with two attached hydrogens (primary N) is 1. The smallest absolute Gasteiger partial charge is 0.271 e. The van der Waals surface area contributed by atoms with Crippen molar-refractivity contribution in [2.24, 2.45) is 0 Å². The molecule has 0 radical (unpaired) electrons. The lowest BCUT2D eigenvalue weighted by Crippen LogP contribution is -2.28. The van der Waals surface area contributed by atoms with Gasteiger partial charge in [-0.25, -0.2) is 0 Å². The topological polar surface area (TPSA) is 92.6 Å². The summed E-state index contributed by atoms with van der Waals surface area (Å²) in [4.78, 5) is 12.0. The van der Waals surface area contributed by atoms with Gasteiger partial charge in [0.25, 0.3) is 5.69 Å². The number of benzene rings is 1. The van der Waals surface area contributed by atoms with Crippen LogP contribution in [0, 0.1) is 10.1 Å². The van der Waals surface area contributed by atoms with Gasteiger partial charge < -0.3 is 15.7 Å². The van der Waals surface area contributed by atoms with Gasteiger partial charge in [0.2, 0.25) is 0 Å². The van der Waals surface area contributed by atoms with Gasteiger partial charge in [-0.15, -0.1) is 0 Å². The predicted octanol–water partition coefficient (Wildman–Crippen LogP) is 1.39. The second-order valence-corrected chi connectivity index (χ2v) is 3.71. The summed E-state index contributed by atoms with van der Waals surface area (Å²) in [5.41, 5.74) is 6.86. The van der Waals surface area contributed by atoms with Crippen LogP contribution in [0.3, 0.4) is 0 Å². The molecule has 0 aromatic heterocycles. The highest BCUT2D eigenvalue weighted by Crippen LogP contribution is 2.27.